The summed E-state index contributed by atoms with van der Waals surface area (Å²) in [5.41, 5.74) is -0.413. The molecule has 0 aliphatic rings. The lowest BCUT2D eigenvalue weighted by Crippen LogP contribution is -2.18. The van der Waals surface area contributed by atoms with E-state index in [1.54, 1.807) is 0 Å². The molecule has 0 saturated heterocycles. The molecule has 0 fully saturated rings. The molecule has 0 bridgehead atoms. The van der Waals surface area contributed by atoms with Crippen LogP contribution in [0.3, 0.4) is 0 Å². The lowest BCUT2D eigenvalue weighted by Gasteiger charge is -2.24. The molecule has 198 valence electrons. The van der Waals surface area contributed by atoms with Crippen LogP contribution in [0.25, 0.3) is 0 Å². The smallest absolute Gasteiger partial charge is 0.229 e. The van der Waals surface area contributed by atoms with Gasteiger partial charge >= 0.3 is 0 Å². The van der Waals surface area contributed by atoms with Gasteiger partial charge in [-0.3, -0.25) is 19.2 Å². The first-order chi connectivity index (χ1) is 16.8. The van der Waals surface area contributed by atoms with Gasteiger partial charge in [0.25, 0.3) is 0 Å². The van der Waals surface area contributed by atoms with Crippen LogP contribution in [0.15, 0.2) is 43.5 Å². The van der Waals surface area contributed by atoms with Crippen molar-refractivity contribution >= 4 is 11.6 Å². The number of carbonyl (C=O) groups is 2. The molecule has 2 rings (SSSR count). The van der Waals surface area contributed by atoms with Gasteiger partial charge in [-0.2, -0.15) is 0 Å². The number of ketones is 2. The van der Waals surface area contributed by atoms with E-state index in [0.29, 0.717) is 62.5 Å². The van der Waals surface area contributed by atoms with Crippen LogP contribution in [0, 0.1) is 10.8 Å². The summed E-state index contributed by atoms with van der Waals surface area (Å²) in [6.45, 7) is 8.11. The Balaban J connectivity index is 1.69. The molecular formula is C28H38O8. The number of hydrogen-bond acceptors (Lipinski definition) is 8. The van der Waals surface area contributed by atoms with E-state index in [4.69, 9.17) is 8.83 Å². The molecule has 0 aliphatic heterocycles. The van der Waals surface area contributed by atoms with E-state index in [2.05, 4.69) is 0 Å². The van der Waals surface area contributed by atoms with Crippen molar-refractivity contribution < 1.29 is 28.6 Å². The summed E-state index contributed by atoms with van der Waals surface area (Å²) in [5.74, 6) is -0.721. The average molecular weight is 503 g/mol. The van der Waals surface area contributed by atoms with E-state index < -0.39 is 22.4 Å². The fraction of sp³-hybridized carbons (Fsp3) is 0.571. The third-order valence-corrected chi connectivity index (χ3v) is 6.81. The van der Waals surface area contributed by atoms with Crippen LogP contribution in [0.2, 0.25) is 0 Å². The minimum Gasteiger partial charge on any atom is -0.502 e. The lowest BCUT2D eigenvalue weighted by molar-refractivity contribution is -0.124. The van der Waals surface area contributed by atoms with Crippen LogP contribution in [0.4, 0.5) is 0 Å². The van der Waals surface area contributed by atoms with Crippen molar-refractivity contribution in [2.45, 2.75) is 91.9 Å². The van der Waals surface area contributed by atoms with Crippen molar-refractivity contribution in [1.82, 2.24) is 0 Å². The van der Waals surface area contributed by atoms with Crippen LogP contribution in [-0.2, 0) is 22.4 Å². The molecule has 0 radical (unpaired) electrons. The molecule has 0 unspecified atom stereocenters. The maximum atomic E-state index is 12.4. The number of rotatable bonds is 15. The van der Waals surface area contributed by atoms with Gasteiger partial charge in [-0.1, -0.05) is 27.7 Å². The van der Waals surface area contributed by atoms with Gasteiger partial charge in [0.15, 0.2) is 11.5 Å². The number of aryl methyl sites for hydroxylation is 2. The van der Waals surface area contributed by atoms with Crippen molar-refractivity contribution in [2.75, 3.05) is 0 Å². The quantitative estimate of drug-likeness (QED) is 0.343. The molecule has 0 atom stereocenters. The Morgan fingerprint density at radius 1 is 0.639 bits per heavy atom. The highest BCUT2D eigenvalue weighted by molar-refractivity contribution is 5.86. The molecule has 2 aromatic heterocycles. The van der Waals surface area contributed by atoms with E-state index in [1.807, 2.05) is 27.7 Å². The van der Waals surface area contributed by atoms with Crippen LogP contribution < -0.4 is 10.9 Å². The van der Waals surface area contributed by atoms with Crippen molar-refractivity contribution in [3.63, 3.8) is 0 Å². The third-order valence-electron chi connectivity index (χ3n) is 6.81. The largest absolute Gasteiger partial charge is 0.502 e. The summed E-state index contributed by atoms with van der Waals surface area (Å²) < 4.78 is 9.92. The Labute approximate surface area is 211 Å². The number of aromatic hydroxyl groups is 2. The van der Waals surface area contributed by atoms with E-state index >= 15 is 0 Å². The van der Waals surface area contributed by atoms with Gasteiger partial charge in [0, 0.05) is 36.8 Å². The van der Waals surface area contributed by atoms with Gasteiger partial charge < -0.3 is 19.0 Å². The molecule has 0 saturated carbocycles. The molecule has 2 aromatic rings. The fourth-order valence-corrected chi connectivity index (χ4v) is 3.93. The highest BCUT2D eigenvalue weighted by atomic mass is 16.3. The minimum absolute atomic E-state index is 0.0446. The van der Waals surface area contributed by atoms with Crippen molar-refractivity contribution in [3.05, 3.63) is 56.6 Å². The monoisotopic (exact) mass is 502 g/mol. The van der Waals surface area contributed by atoms with Crippen LogP contribution >= 0.6 is 0 Å². The normalized spacial score (nSPS) is 12.0. The summed E-state index contributed by atoms with van der Waals surface area (Å²) in [5, 5.41) is 19.0. The molecule has 8 heteroatoms. The highest BCUT2D eigenvalue weighted by Crippen LogP contribution is 2.30. The van der Waals surface area contributed by atoms with E-state index in [1.165, 1.54) is 12.5 Å². The van der Waals surface area contributed by atoms with Gasteiger partial charge in [-0.05, 0) is 49.4 Å². The van der Waals surface area contributed by atoms with Crippen LogP contribution in [0.1, 0.15) is 90.2 Å². The molecule has 8 nitrogen and oxygen atoms in total. The first-order valence-electron chi connectivity index (χ1n) is 12.4. The minimum atomic E-state index is -0.431. The predicted molar refractivity (Wildman–Crippen MR) is 135 cm³/mol. The Morgan fingerprint density at radius 3 is 1.36 bits per heavy atom. The number of Topliss-reactive ketones (excluding diaryl/α,β-unsaturated/α-hetero) is 2. The summed E-state index contributed by atoms with van der Waals surface area (Å²) >= 11 is 0. The number of carbonyl (C=O) groups excluding carboxylic acids is 2. The molecule has 0 aromatic carbocycles. The first-order valence-corrected chi connectivity index (χ1v) is 12.4. The third kappa shape index (κ3) is 9.47. The van der Waals surface area contributed by atoms with Crippen molar-refractivity contribution in [3.8, 4) is 11.5 Å². The van der Waals surface area contributed by atoms with Crippen LogP contribution in [-0.4, -0.2) is 21.8 Å². The van der Waals surface area contributed by atoms with Gasteiger partial charge in [0.05, 0.1) is 12.5 Å². The zero-order valence-electron chi connectivity index (χ0n) is 21.7. The topological polar surface area (TPSA) is 135 Å². The Morgan fingerprint density at radius 2 is 1.00 bits per heavy atom. The molecule has 2 heterocycles. The predicted octanol–water partition coefficient (Wildman–Crippen LogP) is 5.10. The average Bonchev–Trinajstić information content (AvgIpc) is 2.82. The first kappa shape index (κ1) is 29.1. The molecule has 36 heavy (non-hydrogen) atoms. The van der Waals surface area contributed by atoms with Crippen molar-refractivity contribution in [2.24, 2.45) is 10.8 Å². The van der Waals surface area contributed by atoms with Gasteiger partial charge in [0.1, 0.15) is 24.1 Å². The Kier molecular flexibility index (Phi) is 10.3. The molecule has 2 N–H and O–H groups in total. The van der Waals surface area contributed by atoms with Gasteiger partial charge in [-0.15, -0.1) is 0 Å². The maximum Gasteiger partial charge on any atom is 0.229 e. The number of hydrogen-bond donors (Lipinski definition) is 2. The summed E-state index contributed by atoms with van der Waals surface area (Å²) in [4.78, 5) is 48.6. The Bertz CT molecular complexity index is 1060. The SMILES string of the molecule is CC(C)(CCC(=O)CCC(=O)CCC(C)(C)CCc1cocc(O)c1=O)CCc1cocc(O)c1=O. The second-order valence-corrected chi connectivity index (χ2v) is 11.1. The zero-order valence-corrected chi connectivity index (χ0v) is 21.7. The molecule has 0 amide bonds. The summed E-state index contributed by atoms with van der Waals surface area (Å²) in [7, 11) is 0. The van der Waals surface area contributed by atoms with Crippen molar-refractivity contribution in [1.29, 1.82) is 0 Å². The van der Waals surface area contributed by atoms with Crippen LogP contribution in [0.5, 0.6) is 11.5 Å². The maximum absolute atomic E-state index is 12.4. The second kappa shape index (κ2) is 12.7. The molecule has 0 aliphatic carbocycles. The highest BCUT2D eigenvalue weighted by Gasteiger charge is 2.22. The fourth-order valence-electron chi connectivity index (χ4n) is 3.93. The second-order valence-electron chi connectivity index (χ2n) is 11.1. The lowest BCUT2D eigenvalue weighted by atomic mass is 9.80. The van der Waals surface area contributed by atoms with E-state index in [9.17, 15) is 29.4 Å². The summed E-state index contributed by atoms with van der Waals surface area (Å²) in [6.07, 6.45) is 9.38. The van der Waals surface area contributed by atoms with E-state index in [0.717, 1.165) is 12.5 Å². The molecular weight excluding hydrogens is 464 g/mol. The van der Waals surface area contributed by atoms with Gasteiger partial charge in [-0.25, -0.2) is 0 Å². The standard InChI is InChI=1S/C28H38O8/c1-27(2,11-7-19-15-35-17-23(31)25(19)33)13-9-21(29)5-6-22(30)10-14-28(3,4)12-8-20-16-36-18-24(32)26(20)34/h15-18,31-32H,5-14H2,1-4H3. The zero-order chi connectivity index (χ0) is 26.9. The van der Waals surface area contributed by atoms with Gasteiger partial charge in [0.2, 0.25) is 10.9 Å². The summed E-state index contributed by atoms with van der Waals surface area (Å²) in [6, 6.07) is 0. The molecule has 0 spiro atoms. The Hall–Kier alpha value is -3.16. The van der Waals surface area contributed by atoms with E-state index in [-0.39, 0.29) is 35.2 Å².